The molecule has 1 N–H and O–H groups in total. The maximum Gasteiger partial charge on any atom is 0.274 e. The molecule has 0 spiro atoms. The van der Waals surface area contributed by atoms with Crippen LogP contribution in [-0.4, -0.2) is 48.0 Å². The maximum absolute atomic E-state index is 12.4. The molecule has 2 amide bonds. The van der Waals surface area contributed by atoms with Crippen molar-refractivity contribution in [1.29, 1.82) is 5.26 Å². The van der Waals surface area contributed by atoms with Crippen molar-refractivity contribution in [3.05, 3.63) is 59.4 Å². The summed E-state index contributed by atoms with van der Waals surface area (Å²) in [5.41, 5.74) is 1.45. The van der Waals surface area contributed by atoms with E-state index in [1.807, 2.05) is 6.07 Å². The Hall–Kier alpha value is -3.24. The highest BCUT2D eigenvalue weighted by molar-refractivity contribution is 6.03. The van der Waals surface area contributed by atoms with Crippen molar-refractivity contribution in [3.8, 4) is 6.07 Å². The topological polar surface area (TPSA) is 95.3 Å². The second-order valence-electron chi connectivity index (χ2n) is 5.46. The fraction of sp³-hybridized carbons (Fsp3) is 0.222. The summed E-state index contributed by atoms with van der Waals surface area (Å²) in [5.74, 6) is -0.627. The molecular formula is C18H16N4O3. The monoisotopic (exact) mass is 336 g/mol. The third-order valence-electron chi connectivity index (χ3n) is 3.77. The first-order valence-corrected chi connectivity index (χ1v) is 7.83. The lowest BCUT2D eigenvalue weighted by Gasteiger charge is -2.26. The number of anilines is 1. The number of nitrogens with zero attached hydrogens (tertiary/aromatic N) is 3. The summed E-state index contributed by atoms with van der Waals surface area (Å²) in [7, 11) is 0. The smallest absolute Gasteiger partial charge is 0.274 e. The standard InChI is InChI=1S/C18H16N4O3/c19-12-13-4-6-14(7-5-13)20-17(23)15-2-1-3-16(21-15)18(24)22-8-10-25-11-9-22/h1-7H,8-11H2,(H,20,23). The lowest BCUT2D eigenvalue weighted by molar-refractivity contribution is 0.0299. The van der Waals surface area contributed by atoms with Crippen molar-refractivity contribution < 1.29 is 14.3 Å². The molecule has 0 aliphatic carbocycles. The summed E-state index contributed by atoms with van der Waals surface area (Å²) in [5, 5.41) is 11.5. The Morgan fingerprint density at radius 3 is 2.44 bits per heavy atom. The summed E-state index contributed by atoms with van der Waals surface area (Å²) in [6, 6.07) is 13.3. The quantitative estimate of drug-likeness (QED) is 0.920. The molecule has 0 radical (unpaired) electrons. The van der Waals surface area contributed by atoms with Gasteiger partial charge in [0.05, 0.1) is 24.8 Å². The van der Waals surface area contributed by atoms with Gasteiger partial charge in [0.1, 0.15) is 11.4 Å². The highest BCUT2D eigenvalue weighted by Gasteiger charge is 2.20. The largest absolute Gasteiger partial charge is 0.378 e. The zero-order valence-electron chi connectivity index (χ0n) is 13.4. The predicted octanol–water partition coefficient (Wildman–Crippen LogP) is 1.68. The second kappa shape index (κ2) is 7.55. The van der Waals surface area contributed by atoms with Crippen molar-refractivity contribution in [1.82, 2.24) is 9.88 Å². The average Bonchev–Trinajstić information content (AvgIpc) is 2.68. The Morgan fingerprint density at radius 2 is 1.76 bits per heavy atom. The fourth-order valence-electron chi connectivity index (χ4n) is 2.43. The van der Waals surface area contributed by atoms with Crippen LogP contribution >= 0.6 is 0 Å². The van der Waals surface area contributed by atoms with Crippen LogP contribution in [0, 0.1) is 11.3 Å². The van der Waals surface area contributed by atoms with Crippen LogP contribution in [0.25, 0.3) is 0 Å². The fourth-order valence-corrected chi connectivity index (χ4v) is 2.43. The summed E-state index contributed by atoms with van der Waals surface area (Å²) in [4.78, 5) is 30.6. The first-order chi connectivity index (χ1) is 12.2. The number of aromatic nitrogens is 1. The normalized spacial score (nSPS) is 13.8. The van der Waals surface area contributed by atoms with Gasteiger partial charge in [0.2, 0.25) is 0 Å². The van der Waals surface area contributed by atoms with E-state index in [0.717, 1.165) is 0 Å². The minimum atomic E-state index is -0.415. The van der Waals surface area contributed by atoms with Gasteiger partial charge in [-0.05, 0) is 36.4 Å². The summed E-state index contributed by atoms with van der Waals surface area (Å²) >= 11 is 0. The molecule has 3 rings (SSSR count). The highest BCUT2D eigenvalue weighted by Crippen LogP contribution is 2.11. The van der Waals surface area contributed by atoms with Crippen molar-refractivity contribution >= 4 is 17.5 Å². The van der Waals surface area contributed by atoms with E-state index < -0.39 is 5.91 Å². The molecule has 126 valence electrons. The van der Waals surface area contributed by atoms with Crippen molar-refractivity contribution in [2.45, 2.75) is 0 Å². The Kier molecular flexibility index (Phi) is 5.02. The Morgan fingerprint density at radius 1 is 1.08 bits per heavy atom. The molecule has 7 heteroatoms. The SMILES string of the molecule is N#Cc1ccc(NC(=O)c2cccc(C(=O)N3CCOCC3)n2)cc1. The molecule has 7 nitrogen and oxygen atoms in total. The number of rotatable bonds is 3. The van der Waals surface area contributed by atoms with E-state index in [4.69, 9.17) is 10.00 Å². The number of hydrogen-bond donors (Lipinski definition) is 1. The number of carbonyl (C=O) groups excluding carboxylic acids is 2. The molecule has 1 aromatic heterocycles. The molecule has 0 atom stereocenters. The molecule has 2 heterocycles. The van der Waals surface area contributed by atoms with Crippen LogP contribution in [0.2, 0.25) is 0 Å². The van der Waals surface area contributed by atoms with Crippen LogP contribution in [0.15, 0.2) is 42.5 Å². The number of hydrogen-bond acceptors (Lipinski definition) is 5. The molecule has 25 heavy (non-hydrogen) atoms. The number of nitrogens with one attached hydrogen (secondary N) is 1. The zero-order valence-corrected chi connectivity index (χ0v) is 13.4. The average molecular weight is 336 g/mol. The van der Waals surface area contributed by atoms with Gasteiger partial charge in [-0.1, -0.05) is 6.07 Å². The molecular weight excluding hydrogens is 320 g/mol. The van der Waals surface area contributed by atoms with Crippen LogP contribution in [0.1, 0.15) is 26.5 Å². The number of benzene rings is 1. The molecule has 1 saturated heterocycles. The van der Waals surface area contributed by atoms with E-state index >= 15 is 0 Å². The highest BCUT2D eigenvalue weighted by atomic mass is 16.5. The minimum Gasteiger partial charge on any atom is -0.378 e. The third-order valence-corrected chi connectivity index (χ3v) is 3.77. The first-order valence-electron chi connectivity index (χ1n) is 7.83. The maximum atomic E-state index is 12.4. The molecule has 1 aromatic carbocycles. The van der Waals surface area contributed by atoms with Crippen LogP contribution in [0.5, 0.6) is 0 Å². The number of pyridine rings is 1. The van der Waals surface area contributed by atoms with Gasteiger partial charge in [-0.3, -0.25) is 9.59 Å². The number of ether oxygens (including phenoxy) is 1. The lowest BCUT2D eigenvalue weighted by Crippen LogP contribution is -2.41. The Bertz CT molecular complexity index is 821. The van der Waals surface area contributed by atoms with Crippen molar-refractivity contribution in [2.24, 2.45) is 0 Å². The van der Waals surface area contributed by atoms with Gasteiger partial charge in [-0.15, -0.1) is 0 Å². The molecule has 0 unspecified atom stereocenters. The third kappa shape index (κ3) is 4.00. The van der Waals surface area contributed by atoms with E-state index in [-0.39, 0.29) is 17.3 Å². The molecule has 1 fully saturated rings. The van der Waals surface area contributed by atoms with Gasteiger partial charge in [0.15, 0.2) is 0 Å². The number of nitriles is 1. The van der Waals surface area contributed by atoms with Gasteiger partial charge >= 0.3 is 0 Å². The molecule has 0 bridgehead atoms. The number of amides is 2. The van der Waals surface area contributed by atoms with Gasteiger partial charge in [-0.25, -0.2) is 4.98 Å². The Labute approximate surface area is 144 Å². The molecule has 0 saturated carbocycles. The van der Waals surface area contributed by atoms with Gasteiger partial charge in [0, 0.05) is 18.8 Å². The van der Waals surface area contributed by atoms with Gasteiger partial charge in [0.25, 0.3) is 11.8 Å². The summed E-state index contributed by atoms with van der Waals surface area (Å²) < 4.78 is 5.23. The lowest BCUT2D eigenvalue weighted by atomic mass is 10.2. The summed E-state index contributed by atoms with van der Waals surface area (Å²) in [6.07, 6.45) is 0. The molecule has 1 aliphatic heterocycles. The summed E-state index contributed by atoms with van der Waals surface area (Å²) in [6.45, 7) is 2.04. The molecule has 1 aliphatic rings. The number of morpholine rings is 1. The van der Waals surface area contributed by atoms with Crippen LogP contribution in [0.3, 0.4) is 0 Å². The van der Waals surface area contributed by atoms with Gasteiger partial charge < -0.3 is 15.0 Å². The Balaban J connectivity index is 1.72. The minimum absolute atomic E-state index is 0.156. The van der Waals surface area contributed by atoms with Crippen molar-refractivity contribution in [2.75, 3.05) is 31.6 Å². The van der Waals surface area contributed by atoms with E-state index in [2.05, 4.69) is 10.3 Å². The van der Waals surface area contributed by atoms with Crippen LogP contribution < -0.4 is 5.32 Å². The van der Waals surface area contributed by atoms with E-state index in [1.165, 1.54) is 0 Å². The predicted molar refractivity (Wildman–Crippen MR) is 90.1 cm³/mol. The van der Waals surface area contributed by atoms with Crippen molar-refractivity contribution in [3.63, 3.8) is 0 Å². The van der Waals surface area contributed by atoms with Gasteiger partial charge in [-0.2, -0.15) is 5.26 Å². The van der Waals surface area contributed by atoms with E-state index in [0.29, 0.717) is 37.6 Å². The van der Waals surface area contributed by atoms with Crippen LogP contribution in [-0.2, 0) is 4.74 Å². The number of carbonyl (C=O) groups is 2. The molecule has 2 aromatic rings. The zero-order chi connectivity index (χ0) is 17.6. The second-order valence-corrected chi connectivity index (χ2v) is 5.46. The van der Waals surface area contributed by atoms with E-state index in [1.54, 1.807) is 47.4 Å². The first kappa shape index (κ1) is 16.6. The van der Waals surface area contributed by atoms with E-state index in [9.17, 15) is 9.59 Å². The van der Waals surface area contributed by atoms with Crippen LogP contribution in [0.4, 0.5) is 5.69 Å².